The molecule has 1 aliphatic rings. The quantitative estimate of drug-likeness (QED) is 0.421. The van der Waals surface area contributed by atoms with Crippen molar-refractivity contribution in [2.45, 2.75) is 6.92 Å². The third-order valence-corrected chi connectivity index (χ3v) is 3.73. The molecule has 7 heteroatoms. The number of rotatable bonds is 1. The molecular formula is C12H15ClIN3OS. The largest absolute Gasteiger partial charge is 0.506 e. The number of nitrogens with zero attached hydrogens (tertiary/aromatic N) is 2. The summed E-state index contributed by atoms with van der Waals surface area (Å²) < 4.78 is 0. The van der Waals surface area contributed by atoms with Crippen LogP contribution in [0, 0.1) is 11.3 Å². The first-order chi connectivity index (χ1) is 8.54. The molecule has 2 rings (SSSR count). The van der Waals surface area contributed by atoms with Crippen molar-refractivity contribution in [3.05, 3.63) is 28.8 Å². The molecular weight excluding hydrogens is 397 g/mol. The van der Waals surface area contributed by atoms with Crippen molar-refractivity contribution in [3.8, 4) is 5.75 Å². The van der Waals surface area contributed by atoms with E-state index in [4.69, 9.17) is 17.0 Å². The SMILES string of the molecule is CSC(=N)N1CC(C)C(c2cccc(Cl)c2O)=N1.I. The van der Waals surface area contributed by atoms with Gasteiger partial charge in [0, 0.05) is 11.5 Å². The van der Waals surface area contributed by atoms with Crippen molar-refractivity contribution in [2.24, 2.45) is 11.0 Å². The van der Waals surface area contributed by atoms with Gasteiger partial charge in [0.1, 0.15) is 5.75 Å². The number of amidine groups is 1. The number of benzene rings is 1. The minimum atomic E-state index is 0. The lowest BCUT2D eigenvalue weighted by atomic mass is 9.99. The minimum Gasteiger partial charge on any atom is -0.506 e. The Kier molecular flexibility index (Phi) is 5.94. The maximum atomic E-state index is 9.97. The van der Waals surface area contributed by atoms with Gasteiger partial charge in [0.25, 0.3) is 0 Å². The van der Waals surface area contributed by atoms with Crippen LogP contribution in [0.3, 0.4) is 0 Å². The fourth-order valence-corrected chi connectivity index (χ4v) is 2.39. The number of nitrogens with one attached hydrogen (secondary N) is 1. The number of aromatic hydroxyl groups is 1. The van der Waals surface area contributed by atoms with E-state index in [2.05, 4.69) is 5.10 Å². The lowest BCUT2D eigenvalue weighted by Crippen LogP contribution is -2.21. The summed E-state index contributed by atoms with van der Waals surface area (Å²) >= 11 is 7.24. The van der Waals surface area contributed by atoms with E-state index in [0.29, 0.717) is 22.3 Å². The predicted octanol–water partition coefficient (Wildman–Crippen LogP) is 3.62. The van der Waals surface area contributed by atoms with Crippen molar-refractivity contribution in [3.63, 3.8) is 0 Å². The van der Waals surface area contributed by atoms with Crippen LogP contribution in [0.15, 0.2) is 23.3 Å². The molecule has 2 N–H and O–H groups in total. The van der Waals surface area contributed by atoms with Crippen LogP contribution >= 0.6 is 47.3 Å². The van der Waals surface area contributed by atoms with Crippen molar-refractivity contribution in [1.82, 2.24) is 5.01 Å². The second-order valence-corrected chi connectivity index (χ2v) is 5.32. The van der Waals surface area contributed by atoms with Crippen LogP contribution in [0.4, 0.5) is 0 Å². The molecule has 0 aliphatic carbocycles. The first kappa shape index (κ1) is 16.6. The van der Waals surface area contributed by atoms with Gasteiger partial charge in [0.2, 0.25) is 0 Å². The molecule has 0 saturated carbocycles. The molecule has 1 atom stereocenters. The van der Waals surface area contributed by atoms with E-state index in [-0.39, 0.29) is 35.6 Å². The molecule has 104 valence electrons. The Bertz CT molecular complexity index is 524. The van der Waals surface area contributed by atoms with Crippen LogP contribution < -0.4 is 0 Å². The van der Waals surface area contributed by atoms with Crippen LogP contribution in [0.5, 0.6) is 5.75 Å². The summed E-state index contributed by atoms with van der Waals surface area (Å²) in [6.07, 6.45) is 1.84. The Hall–Kier alpha value is -0.470. The smallest absolute Gasteiger partial charge is 0.176 e. The number of hydrogen-bond acceptors (Lipinski definition) is 4. The van der Waals surface area contributed by atoms with E-state index in [9.17, 15) is 5.11 Å². The number of hydrazone groups is 1. The zero-order valence-corrected chi connectivity index (χ0v) is 14.5. The lowest BCUT2D eigenvalue weighted by molar-refractivity contribution is 0.462. The van der Waals surface area contributed by atoms with Crippen molar-refractivity contribution < 1.29 is 5.11 Å². The third kappa shape index (κ3) is 3.35. The first-order valence-corrected chi connectivity index (χ1v) is 7.11. The van der Waals surface area contributed by atoms with Gasteiger partial charge in [-0.25, -0.2) is 5.01 Å². The van der Waals surface area contributed by atoms with E-state index >= 15 is 0 Å². The van der Waals surface area contributed by atoms with E-state index in [1.807, 2.05) is 13.2 Å². The van der Waals surface area contributed by atoms with Crippen LogP contribution in [0.25, 0.3) is 0 Å². The molecule has 0 saturated heterocycles. The van der Waals surface area contributed by atoms with Crippen molar-refractivity contribution in [1.29, 1.82) is 5.41 Å². The Morgan fingerprint density at radius 1 is 1.58 bits per heavy atom. The number of phenolic OH excluding ortho intramolecular Hbond substituents is 1. The van der Waals surface area contributed by atoms with E-state index < -0.39 is 0 Å². The van der Waals surface area contributed by atoms with E-state index in [1.165, 1.54) is 11.8 Å². The molecule has 0 spiro atoms. The Balaban J connectivity index is 0.00000180. The van der Waals surface area contributed by atoms with E-state index in [0.717, 1.165) is 5.71 Å². The second-order valence-electron chi connectivity index (χ2n) is 4.11. The van der Waals surface area contributed by atoms with Gasteiger partial charge in [-0.1, -0.05) is 36.4 Å². The average molecular weight is 412 g/mol. The molecule has 1 heterocycles. The van der Waals surface area contributed by atoms with Gasteiger partial charge >= 0.3 is 0 Å². The fraction of sp³-hybridized carbons (Fsp3) is 0.333. The molecule has 1 aliphatic heterocycles. The number of phenols is 1. The second kappa shape index (κ2) is 6.81. The summed E-state index contributed by atoms with van der Waals surface area (Å²) in [5, 5.41) is 24.5. The molecule has 0 bridgehead atoms. The van der Waals surface area contributed by atoms with Gasteiger partial charge in [-0.05, 0) is 18.4 Å². The topological polar surface area (TPSA) is 59.7 Å². The first-order valence-electron chi connectivity index (χ1n) is 5.51. The minimum absolute atomic E-state index is 0. The Morgan fingerprint density at radius 3 is 2.89 bits per heavy atom. The standard InChI is InChI=1S/C12H14ClN3OS.HI/c1-7-6-16(12(14)18-2)15-10(7)8-4-3-5-9(13)11(8)17;/h3-5,7,14,17H,6H2,1-2H3;1H. The highest BCUT2D eigenvalue weighted by Crippen LogP contribution is 2.31. The maximum absolute atomic E-state index is 9.97. The normalized spacial score (nSPS) is 17.9. The van der Waals surface area contributed by atoms with Gasteiger partial charge in [-0.15, -0.1) is 24.0 Å². The summed E-state index contributed by atoms with van der Waals surface area (Å²) in [6, 6.07) is 5.22. The molecule has 0 radical (unpaired) electrons. The molecule has 0 fully saturated rings. The molecule has 0 aromatic heterocycles. The van der Waals surface area contributed by atoms with Gasteiger partial charge in [0.15, 0.2) is 5.17 Å². The van der Waals surface area contributed by atoms with Crippen LogP contribution in [-0.4, -0.2) is 33.8 Å². The van der Waals surface area contributed by atoms with Crippen LogP contribution in [-0.2, 0) is 0 Å². The zero-order chi connectivity index (χ0) is 13.3. The summed E-state index contributed by atoms with van der Waals surface area (Å²) in [7, 11) is 0. The number of para-hydroxylation sites is 1. The van der Waals surface area contributed by atoms with E-state index in [1.54, 1.807) is 23.2 Å². The average Bonchev–Trinajstić information content (AvgIpc) is 2.74. The molecule has 1 aromatic carbocycles. The van der Waals surface area contributed by atoms with Crippen molar-refractivity contribution >= 4 is 58.2 Å². The Labute approximate surface area is 138 Å². The summed E-state index contributed by atoms with van der Waals surface area (Å²) in [6.45, 7) is 2.67. The molecule has 4 nitrogen and oxygen atoms in total. The van der Waals surface area contributed by atoms with Gasteiger partial charge in [-0.3, -0.25) is 5.41 Å². The number of hydrogen-bond donors (Lipinski definition) is 2. The van der Waals surface area contributed by atoms with Crippen LogP contribution in [0.2, 0.25) is 5.02 Å². The summed E-state index contributed by atoms with van der Waals surface area (Å²) in [5.74, 6) is 0.212. The molecule has 1 unspecified atom stereocenters. The summed E-state index contributed by atoms with van der Waals surface area (Å²) in [5.41, 5.74) is 1.42. The predicted molar refractivity (Wildman–Crippen MR) is 92.2 cm³/mol. The number of halogens is 2. The molecule has 1 aromatic rings. The van der Waals surface area contributed by atoms with Gasteiger partial charge in [-0.2, -0.15) is 5.10 Å². The van der Waals surface area contributed by atoms with Gasteiger partial charge < -0.3 is 5.11 Å². The highest BCUT2D eigenvalue weighted by atomic mass is 127. The zero-order valence-electron chi connectivity index (χ0n) is 10.6. The monoisotopic (exact) mass is 411 g/mol. The van der Waals surface area contributed by atoms with Gasteiger partial charge in [0.05, 0.1) is 17.3 Å². The van der Waals surface area contributed by atoms with Crippen LogP contribution in [0.1, 0.15) is 12.5 Å². The fourth-order valence-electron chi connectivity index (χ4n) is 1.89. The Morgan fingerprint density at radius 2 is 2.26 bits per heavy atom. The molecule has 0 amide bonds. The maximum Gasteiger partial charge on any atom is 0.176 e. The summed E-state index contributed by atoms with van der Waals surface area (Å²) in [4.78, 5) is 0. The highest BCUT2D eigenvalue weighted by Gasteiger charge is 2.28. The highest BCUT2D eigenvalue weighted by molar-refractivity contribution is 14.0. The number of thioether (sulfide) groups is 1. The lowest BCUT2D eigenvalue weighted by Gasteiger charge is -2.12. The van der Waals surface area contributed by atoms with Crippen molar-refractivity contribution in [2.75, 3.05) is 12.8 Å². The molecule has 19 heavy (non-hydrogen) atoms. The third-order valence-electron chi connectivity index (χ3n) is 2.83.